The highest BCUT2D eigenvalue weighted by Crippen LogP contribution is 2.33. The van der Waals surface area contributed by atoms with Crippen molar-refractivity contribution in [2.45, 2.75) is 44.6 Å². The van der Waals surface area contributed by atoms with Crippen LogP contribution in [0.3, 0.4) is 0 Å². The van der Waals surface area contributed by atoms with E-state index < -0.39 is 6.09 Å². The highest BCUT2D eigenvalue weighted by atomic mass is 35.5. The maximum absolute atomic E-state index is 12.3. The molecule has 33 heavy (non-hydrogen) atoms. The third kappa shape index (κ3) is 4.89. The van der Waals surface area contributed by atoms with Crippen LogP contribution in [0.1, 0.15) is 44.3 Å². The number of likely N-dealkylation sites (tertiary alicyclic amines) is 1. The second-order valence-electron chi connectivity index (χ2n) is 8.75. The number of carbonyl (C=O) groups excluding carboxylic acids is 1. The third-order valence-electron chi connectivity index (χ3n) is 6.78. The fraction of sp³-hybridized carbons (Fsp3) is 0.591. The minimum Gasteiger partial charge on any atom is -0.464 e. The van der Waals surface area contributed by atoms with E-state index in [9.17, 15) is 14.7 Å². The first-order chi connectivity index (χ1) is 15.4. The lowest BCUT2D eigenvalue weighted by Gasteiger charge is -2.42. The van der Waals surface area contributed by atoms with Crippen molar-refractivity contribution in [3.63, 3.8) is 0 Å². The number of piperidine rings is 2. The zero-order chi connectivity index (χ0) is 22.8. The summed E-state index contributed by atoms with van der Waals surface area (Å²) in [6.45, 7) is 5.06. The van der Waals surface area contributed by atoms with Gasteiger partial charge in [0.2, 0.25) is 5.91 Å². The van der Waals surface area contributed by atoms with Crippen LogP contribution in [0.4, 0.5) is 10.6 Å². The van der Waals surface area contributed by atoms with Gasteiger partial charge in [-0.25, -0.2) is 19.3 Å². The van der Waals surface area contributed by atoms with E-state index in [0.717, 1.165) is 36.9 Å². The fourth-order valence-electron chi connectivity index (χ4n) is 4.82. The molecule has 178 valence electrons. The Labute approximate surface area is 199 Å². The van der Waals surface area contributed by atoms with Crippen molar-refractivity contribution in [2.75, 3.05) is 38.1 Å². The second kappa shape index (κ2) is 10.4. The lowest BCUT2D eigenvalue weighted by molar-refractivity contribution is -0.131. The number of rotatable bonds is 4. The number of nitrogens with zero attached hydrogens (tertiary/aromatic N) is 6. The minimum absolute atomic E-state index is 0. The van der Waals surface area contributed by atoms with Crippen molar-refractivity contribution in [1.29, 1.82) is 5.26 Å². The summed E-state index contributed by atoms with van der Waals surface area (Å²) in [5, 5.41) is 22.6. The van der Waals surface area contributed by atoms with E-state index in [2.05, 4.69) is 22.1 Å². The van der Waals surface area contributed by atoms with Gasteiger partial charge in [0.25, 0.3) is 0 Å². The number of fused-ring (bicyclic) bond motifs is 1. The number of halogens is 1. The van der Waals surface area contributed by atoms with Crippen molar-refractivity contribution in [2.24, 2.45) is 5.92 Å². The van der Waals surface area contributed by atoms with E-state index in [1.165, 1.54) is 6.20 Å². The molecule has 2 N–H and O–H groups in total. The van der Waals surface area contributed by atoms with Gasteiger partial charge in [-0.1, -0.05) is 6.92 Å². The molecule has 0 bridgehead atoms. The molecule has 1 amide bonds. The summed E-state index contributed by atoms with van der Waals surface area (Å²) in [5.74, 6) is 1.68. The number of amides is 1. The van der Waals surface area contributed by atoms with Crippen LogP contribution in [0.2, 0.25) is 0 Å². The van der Waals surface area contributed by atoms with E-state index in [1.54, 1.807) is 11.0 Å². The monoisotopic (exact) mass is 475 g/mol. The number of likely N-dealkylation sites (N-methyl/N-ethyl adjacent to an activating group) is 1. The SMILES string of the molecule is C[C@@H]1CCN(C(=O)CC#N)C[C@@H]1N(C)c1nc(C2CCNCC2)nc2c1ccn2C(=O)O.Cl. The lowest BCUT2D eigenvalue weighted by atomic mass is 9.92. The average Bonchev–Trinajstić information content (AvgIpc) is 3.23. The van der Waals surface area contributed by atoms with Crippen molar-refractivity contribution in [3.8, 4) is 6.07 Å². The number of anilines is 1. The highest BCUT2D eigenvalue weighted by molar-refractivity contribution is 5.93. The molecule has 0 aromatic carbocycles. The summed E-state index contributed by atoms with van der Waals surface area (Å²) in [4.78, 5) is 37.6. The molecule has 2 saturated heterocycles. The van der Waals surface area contributed by atoms with E-state index in [1.807, 2.05) is 13.1 Å². The van der Waals surface area contributed by atoms with Crippen molar-refractivity contribution in [3.05, 3.63) is 18.1 Å². The van der Waals surface area contributed by atoms with Gasteiger partial charge in [-0.3, -0.25) is 4.79 Å². The van der Waals surface area contributed by atoms with Gasteiger partial charge < -0.3 is 20.2 Å². The maximum atomic E-state index is 12.3. The van der Waals surface area contributed by atoms with Gasteiger partial charge in [0.15, 0.2) is 5.65 Å². The molecule has 2 aliphatic heterocycles. The zero-order valence-corrected chi connectivity index (χ0v) is 19.7. The third-order valence-corrected chi connectivity index (χ3v) is 6.78. The van der Waals surface area contributed by atoms with Crippen LogP contribution < -0.4 is 10.2 Å². The van der Waals surface area contributed by atoms with Crippen molar-refractivity contribution >= 4 is 41.3 Å². The quantitative estimate of drug-likeness (QED) is 0.690. The molecule has 0 saturated carbocycles. The van der Waals surface area contributed by atoms with Gasteiger partial charge in [0.05, 0.1) is 17.5 Å². The number of hydrogen-bond acceptors (Lipinski definition) is 7. The number of carbonyl (C=O) groups is 2. The molecule has 0 radical (unpaired) electrons. The number of aromatic nitrogens is 3. The van der Waals surface area contributed by atoms with E-state index in [4.69, 9.17) is 10.2 Å². The molecule has 10 nitrogen and oxygen atoms in total. The normalized spacial score (nSPS) is 21.3. The Hall–Kier alpha value is -2.90. The van der Waals surface area contributed by atoms with Crippen LogP contribution in [-0.2, 0) is 4.79 Å². The summed E-state index contributed by atoms with van der Waals surface area (Å²) in [7, 11) is 1.95. The van der Waals surface area contributed by atoms with Gasteiger partial charge in [0.1, 0.15) is 18.1 Å². The molecule has 2 aliphatic rings. The summed E-state index contributed by atoms with van der Waals surface area (Å²) in [6, 6.07) is 3.69. The molecule has 4 heterocycles. The Kier molecular flexibility index (Phi) is 7.76. The van der Waals surface area contributed by atoms with Crippen LogP contribution in [0, 0.1) is 17.2 Å². The largest absolute Gasteiger partial charge is 0.464 e. The van der Waals surface area contributed by atoms with E-state index in [0.29, 0.717) is 41.7 Å². The average molecular weight is 476 g/mol. The molecule has 2 aromatic rings. The second-order valence-corrected chi connectivity index (χ2v) is 8.75. The van der Waals surface area contributed by atoms with Gasteiger partial charge >= 0.3 is 6.09 Å². The van der Waals surface area contributed by atoms with Crippen LogP contribution in [0.15, 0.2) is 12.3 Å². The topological polar surface area (TPSA) is 127 Å². The molecule has 0 unspecified atom stereocenters. The first kappa shape index (κ1) is 24.7. The van der Waals surface area contributed by atoms with Crippen LogP contribution in [0.5, 0.6) is 0 Å². The number of carboxylic acid groups (broad SMARTS) is 1. The first-order valence-electron chi connectivity index (χ1n) is 11.1. The highest BCUT2D eigenvalue weighted by Gasteiger charge is 2.33. The maximum Gasteiger partial charge on any atom is 0.417 e. The Morgan fingerprint density at radius 1 is 1.30 bits per heavy atom. The molecule has 11 heteroatoms. The number of hydrogen-bond donors (Lipinski definition) is 2. The molecular weight excluding hydrogens is 446 g/mol. The summed E-state index contributed by atoms with van der Waals surface area (Å²) in [6.07, 6.45) is 2.94. The van der Waals surface area contributed by atoms with Gasteiger partial charge in [-0.2, -0.15) is 5.26 Å². The Morgan fingerprint density at radius 2 is 2.03 bits per heavy atom. The predicted octanol–water partition coefficient (Wildman–Crippen LogP) is 2.43. The molecular formula is C22H30ClN7O3. The summed E-state index contributed by atoms with van der Waals surface area (Å²) >= 11 is 0. The van der Waals surface area contributed by atoms with Crippen LogP contribution >= 0.6 is 12.4 Å². The molecule has 2 fully saturated rings. The van der Waals surface area contributed by atoms with Crippen LogP contribution in [-0.4, -0.2) is 75.8 Å². The molecule has 0 spiro atoms. The summed E-state index contributed by atoms with van der Waals surface area (Å²) in [5.41, 5.74) is 0.392. The first-order valence-corrected chi connectivity index (χ1v) is 11.1. The van der Waals surface area contributed by atoms with Gasteiger partial charge in [-0.15, -0.1) is 12.4 Å². The van der Waals surface area contributed by atoms with Crippen LogP contribution in [0.25, 0.3) is 11.0 Å². The number of nitrogens with one attached hydrogen (secondary N) is 1. The molecule has 4 rings (SSSR count). The number of nitriles is 1. The zero-order valence-electron chi connectivity index (χ0n) is 18.9. The minimum atomic E-state index is -1.08. The van der Waals surface area contributed by atoms with E-state index in [-0.39, 0.29) is 36.7 Å². The lowest BCUT2D eigenvalue weighted by Crippen LogP contribution is -2.52. The predicted molar refractivity (Wildman–Crippen MR) is 126 cm³/mol. The van der Waals surface area contributed by atoms with E-state index >= 15 is 0 Å². The Morgan fingerprint density at radius 3 is 2.70 bits per heavy atom. The Bertz CT molecular complexity index is 1060. The molecule has 0 aliphatic carbocycles. The summed E-state index contributed by atoms with van der Waals surface area (Å²) < 4.78 is 1.14. The smallest absolute Gasteiger partial charge is 0.417 e. The molecule has 2 aromatic heterocycles. The van der Waals surface area contributed by atoms with Crippen molar-refractivity contribution in [1.82, 2.24) is 24.8 Å². The van der Waals surface area contributed by atoms with Gasteiger partial charge in [-0.05, 0) is 44.3 Å². The van der Waals surface area contributed by atoms with Crippen molar-refractivity contribution < 1.29 is 14.7 Å². The fourth-order valence-corrected chi connectivity index (χ4v) is 4.82. The standard InChI is InChI=1S/C22H29N7O3.ClH/c1-14-6-11-28(18(30)3-8-23)13-17(14)27(2)20-16-7-12-29(22(31)32)21(16)26-19(25-20)15-4-9-24-10-5-15;/h7,12,14-15,17,24H,3-6,9-11,13H2,1-2H3,(H,31,32);1H/t14-,17+;/m1./s1. The van der Waals surface area contributed by atoms with Gasteiger partial charge in [0, 0.05) is 32.3 Å². The Balaban J connectivity index is 0.00000306. The molecule has 2 atom stereocenters.